The van der Waals surface area contributed by atoms with Crippen molar-refractivity contribution in [1.82, 2.24) is 10.6 Å². The van der Waals surface area contributed by atoms with Gasteiger partial charge in [-0.05, 0) is 19.3 Å². The zero-order valence-corrected chi connectivity index (χ0v) is 9.16. The number of methoxy groups -OCH3 is 1. The summed E-state index contributed by atoms with van der Waals surface area (Å²) in [5.74, 6) is -1.44. The zero-order chi connectivity index (χ0) is 12.0. The number of nitrogens with zero attached hydrogens (tertiary/aromatic N) is 1. The molecule has 1 rings (SSSR count). The lowest BCUT2D eigenvalue weighted by molar-refractivity contribution is -0.139. The SMILES string of the molecule is COC1CCC(NC(=O)C(=O)NCC#N)C1. The van der Waals surface area contributed by atoms with Gasteiger partial charge in [0.05, 0.1) is 12.2 Å². The molecule has 2 unspecified atom stereocenters. The van der Waals surface area contributed by atoms with Crippen molar-refractivity contribution in [2.24, 2.45) is 0 Å². The number of rotatable bonds is 3. The van der Waals surface area contributed by atoms with Gasteiger partial charge in [0.25, 0.3) is 0 Å². The fraction of sp³-hybridized carbons (Fsp3) is 0.700. The Hall–Kier alpha value is -1.61. The van der Waals surface area contributed by atoms with E-state index in [9.17, 15) is 9.59 Å². The van der Waals surface area contributed by atoms with Crippen molar-refractivity contribution in [1.29, 1.82) is 5.26 Å². The summed E-state index contributed by atoms with van der Waals surface area (Å²) in [5.41, 5.74) is 0. The summed E-state index contributed by atoms with van der Waals surface area (Å²) >= 11 is 0. The van der Waals surface area contributed by atoms with Crippen molar-refractivity contribution in [3.8, 4) is 6.07 Å². The molecule has 2 atom stereocenters. The maximum absolute atomic E-state index is 11.3. The molecule has 0 aromatic rings. The van der Waals surface area contributed by atoms with E-state index < -0.39 is 11.8 Å². The lowest BCUT2D eigenvalue weighted by Crippen LogP contribution is -2.44. The highest BCUT2D eigenvalue weighted by Gasteiger charge is 2.27. The van der Waals surface area contributed by atoms with Crippen LogP contribution in [0.3, 0.4) is 0 Å². The lowest BCUT2D eigenvalue weighted by atomic mass is 10.2. The van der Waals surface area contributed by atoms with Crippen molar-refractivity contribution in [3.63, 3.8) is 0 Å². The van der Waals surface area contributed by atoms with E-state index >= 15 is 0 Å². The van der Waals surface area contributed by atoms with Gasteiger partial charge in [0.2, 0.25) is 0 Å². The van der Waals surface area contributed by atoms with Crippen LogP contribution in [0.4, 0.5) is 0 Å². The number of amides is 2. The van der Waals surface area contributed by atoms with Crippen LogP contribution in [0.25, 0.3) is 0 Å². The Morgan fingerprint density at radius 3 is 2.75 bits per heavy atom. The molecular formula is C10H15N3O3. The number of hydrogen-bond donors (Lipinski definition) is 2. The van der Waals surface area contributed by atoms with Crippen LogP contribution < -0.4 is 10.6 Å². The molecule has 0 heterocycles. The maximum Gasteiger partial charge on any atom is 0.310 e. The molecule has 0 saturated heterocycles. The molecule has 88 valence electrons. The number of carbonyl (C=O) groups is 2. The summed E-state index contributed by atoms with van der Waals surface area (Å²) in [5, 5.41) is 13.0. The number of ether oxygens (including phenoxy) is 1. The molecule has 6 nitrogen and oxygen atoms in total. The molecular weight excluding hydrogens is 210 g/mol. The fourth-order valence-electron chi connectivity index (χ4n) is 1.74. The van der Waals surface area contributed by atoms with E-state index in [0.29, 0.717) is 0 Å². The lowest BCUT2D eigenvalue weighted by Gasteiger charge is -2.12. The van der Waals surface area contributed by atoms with Crippen LogP contribution in [0.15, 0.2) is 0 Å². The van der Waals surface area contributed by atoms with Gasteiger partial charge in [-0.25, -0.2) is 0 Å². The first kappa shape index (κ1) is 12.5. The van der Waals surface area contributed by atoms with Gasteiger partial charge in [-0.2, -0.15) is 5.26 Å². The third-order valence-corrected chi connectivity index (χ3v) is 2.59. The first-order valence-electron chi connectivity index (χ1n) is 5.15. The summed E-state index contributed by atoms with van der Waals surface area (Å²) < 4.78 is 5.15. The van der Waals surface area contributed by atoms with Crippen LogP contribution in [0.1, 0.15) is 19.3 Å². The van der Waals surface area contributed by atoms with E-state index in [2.05, 4.69) is 10.6 Å². The van der Waals surface area contributed by atoms with E-state index in [4.69, 9.17) is 10.00 Å². The minimum atomic E-state index is -0.762. The molecule has 0 spiro atoms. The number of hydrogen-bond acceptors (Lipinski definition) is 4. The Kier molecular flexibility index (Phi) is 4.73. The minimum Gasteiger partial charge on any atom is -0.381 e. The summed E-state index contributed by atoms with van der Waals surface area (Å²) in [6.45, 7) is -0.155. The predicted octanol–water partition coefficient (Wildman–Crippen LogP) is -0.690. The van der Waals surface area contributed by atoms with Crippen molar-refractivity contribution < 1.29 is 14.3 Å². The third-order valence-electron chi connectivity index (χ3n) is 2.59. The third kappa shape index (κ3) is 3.51. The average Bonchev–Trinajstić information content (AvgIpc) is 2.73. The van der Waals surface area contributed by atoms with Crippen LogP contribution in [0, 0.1) is 11.3 Å². The highest BCUT2D eigenvalue weighted by atomic mass is 16.5. The summed E-state index contributed by atoms with van der Waals surface area (Å²) in [4.78, 5) is 22.5. The van der Waals surface area contributed by atoms with Gasteiger partial charge in [-0.15, -0.1) is 0 Å². The van der Waals surface area contributed by atoms with Crippen LogP contribution in [0.5, 0.6) is 0 Å². The van der Waals surface area contributed by atoms with E-state index in [0.717, 1.165) is 19.3 Å². The van der Waals surface area contributed by atoms with Crippen molar-refractivity contribution in [2.45, 2.75) is 31.4 Å². The minimum absolute atomic E-state index is 0.00899. The normalized spacial score (nSPS) is 23.5. The van der Waals surface area contributed by atoms with Crippen LogP contribution in [-0.4, -0.2) is 37.6 Å². The van der Waals surface area contributed by atoms with E-state index in [1.165, 1.54) is 0 Å². The molecule has 1 aliphatic rings. The second-order valence-corrected chi connectivity index (χ2v) is 3.68. The fourth-order valence-corrected chi connectivity index (χ4v) is 1.74. The van der Waals surface area contributed by atoms with Crippen LogP contribution >= 0.6 is 0 Å². The summed E-state index contributed by atoms with van der Waals surface area (Å²) in [6.07, 6.45) is 2.60. The van der Waals surface area contributed by atoms with Crippen LogP contribution in [0.2, 0.25) is 0 Å². The smallest absolute Gasteiger partial charge is 0.310 e. The molecule has 1 saturated carbocycles. The molecule has 2 amide bonds. The van der Waals surface area contributed by atoms with Gasteiger partial charge in [-0.1, -0.05) is 0 Å². The molecule has 2 N–H and O–H groups in total. The number of nitriles is 1. The quantitative estimate of drug-likeness (QED) is 0.491. The standard InChI is InChI=1S/C10H15N3O3/c1-16-8-3-2-7(6-8)13-10(15)9(14)12-5-4-11/h7-8H,2-3,5-6H2,1H3,(H,12,14)(H,13,15). The van der Waals surface area contributed by atoms with Crippen molar-refractivity contribution in [3.05, 3.63) is 0 Å². The second kappa shape index (κ2) is 6.08. The Balaban J connectivity index is 2.30. The van der Waals surface area contributed by atoms with Gasteiger partial charge in [0, 0.05) is 13.2 Å². The topological polar surface area (TPSA) is 91.2 Å². The van der Waals surface area contributed by atoms with Gasteiger partial charge < -0.3 is 15.4 Å². The molecule has 0 aromatic heterocycles. The molecule has 1 fully saturated rings. The van der Waals surface area contributed by atoms with Crippen molar-refractivity contribution in [2.75, 3.05) is 13.7 Å². The first-order chi connectivity index (χ1) is 7.67. The summed E-state index contributed by atoms with van der Waals surface area (Å²) in [7, 11) is 1.63. The molecule has 0 bridgehead atoms. The largest absolute Gasteiger partial charge is 0.381 e. The number of carbonyl (C=O) groups excluding carboxylic acids is 2. The van der Waals surface area contributed by atoms with E-state index in [1.807, 2.05) is 0 Å². The van der Waals surface area contributed by atoms with E-state index in [1.54, 1.807) is 13.2 Å². The van der Waals surface area contributed by atoms with Crippen LogP contribution in [-0.2, 0) is 14.3 Å². The summed E-state index contributed by atoms with van der Waals surface area (Å²) in [6, 6.07) is 1.72. The molecule has 16 heavy (non-hydrogen) atoms. The average molecular weight is 225 g/mol. The molecule has 1 aliphatic carbocycles. The molecule has 0 radical (unpaired) electrons. The highest BCUT2D eigenvalue weighted by molar-refractivity contribution is 6.35. The molecule has 0 aromatic carbocycles. The van der Waals surface area contributed by atoms with Gasteiger partial charge >= 0.3 is 11.8 Å². The number of nitrogens with one attached hydrogen (secondary N) is 2. The van der Waals surface area contributed by atoms with Crippen molar-refractivity contribution >= 4 is 11.8 Å². The first-order valence-corrected chi connectivity index (χ1v) is 5.15. The predicted molar refractivity (Wildman–Crippen MR) is 55.2 cm³/mol. The molecule has 0 aliphatic heterocycles. The Bertz CT molecular complexity index is 311. The van der Waals surface area contributed by atoms with Gasteiger partial charge in [0.15, 0.2) is 0 Å². The maximum atomic E-state index is 11.3. The Morgan fingerprint density at radius 1 is 1.44 bits per heavy atom. The molecule has 6 heteroatoms. The van der Waals surface area contributed by atoms with Gasteiger partial charge in [-0.3, -0.25) is 9.59 Å². The highest BCUT2D eigenvalue weighted by Crippen LogP contribution is 2.21. The van der Waals surface area contributed by atoms with Gasteiger partial charge in [0.1, 0.15) is 6.54 Å². The monoisotopic (exact) mass is 225 g/mol. The Labute approximate surface area is 93.9 Å². The van der Waals surface area contributed by atoms with E-state index in [-0.39, 0.29) is 18.7 Å². The zero-order valence-electron chi connectivity index (χ0n) is 9.16. The second-order valence-electron chi connectivity index (χ2n) is 3.68. The Morgan fingerprint density at radius 2 is 2.19 bits per heavy atom.